The molecule has 0 bridgehead atoms. The molecule has 2 atom stereocenters. The summed E-state index contributed by atoms with van der Waals surface area (Å²) in [6.45, 7) is 3.26. The number of ether oxygens (including phenoxy) is 1. The maximum Gasteiger partial charge on any atom is 0.129 e. The number of hydrogen-bond donors (Lipinski definition) is 2. The number of nitrogens with two attached hydrogens (primary N) is 1. The third-order valence-electron chi connectivity index (χ3n) is 2.52. The van der Waals surface area contributed by atoms with Crippen LogP contribution in [0.1, 0.15) is 12.2 Å². The van der Waals surface area contributed by atoms with Crippen molar-refractivity contribution in [2.24, 2.45) is 5.73 Å². The van der Waals surface area contributed by atoms with Crippen LogP contribution in [0.4, 0.5) is 5.82 Å². The average Bonchev–Trinajstić information content (AvgIpc) is 2.22. The van der Waals surface area contributed by atoms with Gasteiger partial charge in [-0.05, 0) is 19.4 Å². The maximum absolute atomic E-state index is 5.98. The molecule has 1 aliphatic rings. The van der Waals surface area contributed by atoms with Gasteiger partial charge in [0.25, 0.3) is 0 Å². The van der Waals surface area contributed by atoms with E-state index >= 15 is 0 Å². The summed E-state index contributed by atoms with van der Waals surface area (Å²) in [5.74, 6) is 1.57. The molecule has 1 fully saturated rings. The van der Waals surface area contributed by atoms with Gasteiger partial charge in [-0.15, -0.1) is 0 Å². The maximum atomic E-state index is 5.98. The Morgan fingerprint density at radius 2 is 2.47 bits per heavy atom. The van der Waals surface area contributed by atoms with Crippen LogP contribution in [0.3, 0.4) is 0 Å². The zero-order valence-corrected chi connectivity index (χ0v) is 8.81. The number of nitrogens with zero attached hydrogens (tertiary/aromatic N) is 2. The Bertz CT molecular complexity index is 331. The number of anilines is 1. The van der Waals surface area contributed by atoms with E-state index < -0.39 is 0 Å². The quantitative estimate of drug-likeness (QED) is 0.732. The zero-order chi connectivity index (χ0) is 10.7. The van der Waals surface area contributed by atoms with Gasteiger partial charge in [0.2, 0.25) is 0 Å². The Morgan fingerprint density at radius 3 is 3.20 bits per heavy atom. The summed E-state index contributed by atoms with van der Waals surface area (Å²) in [6, 6.07) is 2.12. The molecule has 82 valence electrons. The van der Waals surface area contributed by atoms with Crippen LogP contribution >= 0.6 is 0 Å². The molecule has 0 saturated carbocycles. The summed E-state index contributed by atoms with van der Waals surface area (Å²) in [4.78, 5) is 8.31. The van der Waals surface area contributed by atoms with Gasteiger partial charge < -0.3 is 15.8 Å². The Balaban J connectivity index is 2.01. The van der Waals surface area contributed by atoms with E-state index in [2.05, 4.69) is 15.3 Å². The standard InChI is InChI=1S/C10H16N4O/c1-7-12-4-2-10(13-7)14-9-6-15-5-3-8(9)11/h2,4,8-9H,3,5-6,11H2,1H3,(H,12,13,14)/t8-,9+/m1/s1. The molecule has 5 heteroatoms. The molecule has 0 unspecified atom stereocenters. The predicted octanol–water partition coefficient (Wildman–Crippen LogP) is 0.313. The van der Waals surface area contributed by atoms with Crippen LogP contribution in [0.25, 0.3) is 0 Å². The Morgan fingerprint density at radius 1 is 1.60 bits per heavy atom. The van der Waals surface area contributed by atoms with Crippen molar-refractivity contribution in [3.8, 4) is 0 Å². The minimum atomic E-state index is 0.133. The fourth-order valence-corrected chi connectivity index (χ4v) is 1.63. The van der Waals surface area contributed by atoms with Crippen molar-refractivity contribution in [3.05, 3.63) is 18.1 Å². The molecule has 1 aliphatic heterocycles. The lowest BCUT2D eigenvalue weighted by atomic mass is 10.1. The lowest BCUT2D eigenvalue weighted by Gasteiger charge is -2.29. The highest BCUT2D eigenvalue weighted by Crippen LogP contribution is 2.11. The van der Waals surface area contributed by atoms with Crippen LogP contribution in [-0.4, -0.2) is 35.3 Å². The first-order valence-electron chi connectivity index (χ1n) is 5.15. The molecule has 15 heavy (non-hydrogen) atoms. The zero-order valence-electron chi connectivity index (χ0n) is 8.81. The van der Waals surface area contributed by atoms with Gasteiger partial charge in [-0.1, -0.05) is 0 Å². The fraction of sp³-hybridized carbons (Fsp3) is 0.600. The third-order valence-corrected chi connectivity index (χ3v) is 2.52. The molecule has 1 aromatic heterocycles. The van der Waals surface area contributed by atoms with Crippen LogP contribution < -0.4 is 11.1 Å². The Hall–Kier alpha value is -1.20. The Kier molecular flexibility index (Phi) is 3.13. The van der Waals surface area contributed by atoms with E-state index in [-0.39, 0.29) is 12.1 Å². The summed E-state index contributed by atoms with van der Waals surface area (Å²) in [6.07, 6.45) is 2.63. The van der Waals surface area contributed by atoms with Crippen LogP contribution in [0.5, 0.6) is 0 Å². The molecule has 2 heterocycles. The second-order valence-electron chi connectivity index (χ2n) is 3.77. The SMILES string of the molecule is Cc1nccc(N[C@H]2COCC[C@H]2N)n1. The van der Waals surface area contributed by atoms with E-state index in [1.807, 2.05) is 13.0 Å². The highest BCUT2D eigenvalue weighted by molar-refractivity contribution is 5.34. The second kappa shape index (κ2) is 4.55. The van der Waals surface area contributed by atoms with Gasteiger partial charge in [-0.25, -0.2) is 9.97 Å². The van der Waals surface area contributed by atoms with Crippen LogP contribution in [0, 0.1) is 6.92 Å². The molecule has 5 nitrogen and oxygen atoms in total. The summed E-state index contributed by atoms with van der Waals surface area (Å²) in [5.41, 5.74) is 5.98. The van der Waals surface area contributed by atoms with E-state index in [0.29, 0.717) is 6.61 Å². The molecule has 0 amide bonds. The van der Waals surface area contributed by atoms with Crippen LogP contribution in [0.15, 0.2) is 12.3 Å². The molecule has 3 N–H and O–H groups in total. The van der Waals surface area contributed by atoms with Gasteiger partial charge in [-0.2, -0.15) is 0 Å². The van der Waals surface area contributed by atoms with Gasteiger partial charge in [0.05, 0.1) is 12.6 Å². The van der Waals surface area contributed by atoms with E-state index in [9.17, 15) is 0 Å². The van der Waals surface area contributed by atoms with Crippen molar-refractivity contribution in [1.82, 2.24) is 9.97 Å². The van der Waals surface area contributed by atoms with E-state index in [1.165, 1.54) is 0 Å². The molecule has 0 spiro atoms. The first-order valence-corrected chi connectivity index (χ1v) is 5.15. The lowest BCUT2D eigenvalue weighted by molar-refractivity contribution is 0.0767. The van der Waals surface area contributed by atoms with Gasteiger partial charge in [0.1, 0.15) is 11.6 Å². The first-order chi connectivity index (χ1) is 7.25. The molecular formula is C10H16N4O. The van der Waals surface area contributed by atoms with E-state index in [0.717, 1.165) is 24.7 Å². The number of nitrogens with one attached hydrogen (secondary N) is 1. The molecule has 0 aliphatic carbocycles. The molecule has 0 radical (unpaired) electrons. The van der Waals surface area contributed by atoms with Crippen molar-refractivity contribution in [1.29, 1.82) is 0 Å². The minimum Gasteiger partial charge on any atom is -0.379 e. The van der Waals surface area contributed by atoms with Crippen molar-refractivity contribution in [2.45, 2.75) is 25.4 Å². The lowest BCUT2D eigenvalue weighted by Crippen LogP contribution is -2.47. The normalized spacial score (nSPS) is 26.3. The van der Waals surface area contributed by atoms with Gasteiger partial charge in [0, 0.05) is 18.8 Å². The molecule has 2 rings (SSSR count). The average molecular weight is 208 g/mol. The summed E-state index contributed by atoms with van der Waals surface area (Å²) in [5, 5.41) is 3.27. The highest BCUT2D eigenvalue weighted by atomic mass is 16.5. The van der Waals surface area contributed by atoms with Crippen molar-refractivity contribution >= 4 is 5.82 Å². The largest absolute Gasteiger partial charge is 0.379 e. The summed E-state index contributed by atoms with van der Waals surface area (Å²) in [7, 11) is 0. The minimum absolute atomic E-state index is 0.133. The number of aryl methyl sites for hydroxylation is 1. The fourth-order valence-electron chi connectivity index (χ4n) is 1.63. The number of hydrogen-bond acceptors (Lipinski definition) is 5. The topological polar surface area (TPSA) is 73.1 Å². The van der Waals surface area contributed by atoms with Crippen molar-refractivity contribution in [2.75, 3.05) is 18.5 Å². The van der Waals surface area contributed by atoms with E-state index in [1.54, 1.807) is 6.20 Å². The van der Waals surface area contributed by atoms with Crippen LogP contribution in [0.2, 0.25) is 0 Å². The first kappa shape index (κ1) is 10.3. The van der Waals surface area contributed by atoms with Gasteiger partial charge in [0.15, 0.2) is 0 Å². The second-order valence-corrected chi connectivity index (χ2v) is 3.77. The van der Waals surface area contributed by atoms with Crippen molar-refractivity contribution in [3.63, 3.8) is 0 Å². The third kappa shape index (κ3) is 2.64. The monoisotopic (exact) mass is 208 g/mol. The molecule has 1 aromatic rings. The molecule has 1 saturated heterocycles. The number of aromatic nitrogens is 2. The Labute approximate surface area is 89.1 Å². The highest BCUT2D eigenvalue weighted by Gasteiger charge is 2.22. The summed E-state index contributed by atoms with van der Waals surface area (Å²) < 4.78 is 5.37. The number of rotatable bonds is 2. The van der Waals surface area contributed by atoms with Crippen molar-refractivity contribution < 1.29 is 4.74 Å². The molecule has 0 aromatic carbocycles. The predicted molar refractivity (Wildman–Crippen MR) is 57.6 cm³/mol. The van der Waals surface area contributed by atoms with Gasteiger partial charge in [-0.3, -0.25) is 0 Å². The smallest absolute Gasteiger partial charge is 0.129 e. The van der Waals surface area contributed by atoms with E-state index in [4.69, 9.17) is 10.5 Å². The summed E-state index contributed by atoms with van der Waals surface area (Å²) >= 11 is 0. The van der Waals surface area contributed by atoms with Gasteiger partial charge >= 0.3 is 0 Å². The van der Waals surface area contributed by atoms with Crippen LogP contribution in [-0.2, 0) is 4.74 Å². The molecular weight excluding hydrogens is 192 g/mol.